The van der Waals surface area contributed by atoms with Crippen molar-refractivity contribution in [3.05, 3.63) is 63.6 Å². The molecule has 0 aliphatic rings. The van der Waals surface area contributed by atoms with Gasteiger partial charge in [-0.15, -0.1) is 0 Å². The van der Waals surface area contributed by atoms with Crippen molar-refractivity contribution in [2.24, 2.45) is 0 Å². The Morgan fingerprint density at radius 2 is 1.51 bits per heavy atom. The van der Waals surface area contributed by atoms with Gasteiger partial charge in [0.05, 0.1) is 41.3 Å². The van der Waals surface area contributed by atoms with Gasteiger partial charge in [0, 0.05) is 12.1 Å². The third-order valence-electron chi connectivity index (χ3n) is 5.01. The second kappa shape index (κ2) is 12.7. The van der Waals surface area contributed by atoms with Crippen LogP contribution in [0.2, 0.25) is 10.0 Å². The molecule has 0 radical (unpaired) electrons. The molecule has 0 bridgehead atoms. The summed E-state index contributed by atoms with van der Waals surface area (Å²) in [7, 11) is 0. The van der Waals surface area contributed by atoms with Crippen LogP contribution in [0.5, 0.6) is 0 Å². The van der Waals surface area contributed by atoms with Crippen molar-refractivity contribution in [2.75, 3.05) is 25.4 Å². The number of β-amino-alcohol motifs (C(OH)–C–C–N with tert-alkyl or cyclic N) is 1. The number of rotatable bonds is 10. The molecule has 11 heteroatoms. The molecule has 190 valence electrons. The van der Waals surface area contributed by atoms with Crippen molar-refractivity contribution in [3.8, 4) is 0 Å². The zero-order valence-electron chi connectivity index (χ0n) is 19.9. The quantitative estimate of drug-likeness (QED) is 0.239. The largest absolute Gasteiger partial charge is 0.396 e. The van der Waals surface area contributed by atoms with Crippen LogP contribution in [-0.2, 0) is 20.8 Å². The highest BCUT2D eigenvalue weighted by Crippen LogP contribution is 2.31. The number of amides is 3. The smallest absolute Gasteiger partial charge is 0.253 e. The number of carbonyl (C=O) groups is 3. The predicted molar refractivity (Wildman–Crippen MR) is 137 cm³/mol. The normalized spacial score (nSPS) is 12.2. The number of aliphatic hydroxyl groups excluding tert-OH is 1. The number of nitrogen functional groups attached to an aromatic ring is 1. The molecule has 2 rings (SSSR count). The maximum absolute atomic E-state index is 12.5. The molecule has 35 heavy (non-hydrogen) atoms. The van der Waals surface area contributed by atoms with E-state index in [1.165, 1.54) is 12.1 Å². The molecular formula is C24H31Cl2N5O4. The van der Waals surface area contributed by atoms with Gasteiger partial charge in [0.2, 0.25) is 11.8 Å². The van der Waals surface area contributed by atoms with E-state index in [9.17, 15) is 19.5 Å². The van der Waals surface area contributed by atoms with E-state index in [0.29, 0.717) is 5.56 Å². The zero-order valence-corrected chi connectivity index (χ0v) is 21.4. The SMILES string of the molecule is CC(C)(C)N(CC(O)c1cc(Cl)c(N)c(Cl)c1)NC(=O)CNC(=O)CNC(=O)Cc1ccccc1. The van der Waals surface area contributed by atoms with Crippen LogP contribution in [-0.4, -0.2) is 53.0 Å². The summed E-state index contributed by atoms with van der Waals surface area (Å²) in [4.78, 5) is 36.5. The monoisotopic (exact) mass is 523 g/mol. The van der Waals surface area contributed by atoms with Crippen LogP contribution in [0.25, 0.3) is 0 Å². The minimum atomic E-state index is -1.03. The van der Waals surface area contributed by atoms with Crippen LogP contribution >= 0.6 is 23.2 Å². The van der Waals surface area contributed by atoms with Gasteiger partial charge in [-0.1, -0.05) is 53.5 Å². The Morgan fingerprint density at radius 3 is 2.09 bits per heavy atom. The average Bonchev–Trinajstić information content (AvgIpc) is 2.79. The summed E-state index contributed by atoms with van der Waals surface area (Å²) in [5, 5.41) is 17.7. The Morgan fingerprint density at radius 1 is 0.971 bits per heavy atom. The number of halogens is 2. The molecule has 0 aromatic heterocycles. The molecule has 1 atom stereocenters. The van der Waals surface area contributed by atoms with Gasteiger partial charge in [0.1, 0.15) is 0 Å². The Labute approximate surface area is 214 Å². The summed E-state index contributed by atoms with van der Waals surface area (Å²) in [5.74, 6) is -1.30. The molecule has 2 aromatic rings. The van der Waals surface area contributed by atoms with E-state index >= 15 is 0 Å². The number of benzene rings is 2. The number of hydrogen-bond acceptors (Lipinski definition) is 6. The summed E-state index contributed by atoms with van der Waals surface area (Å²) in [5.41, 5.74) is 9.37. The highest BCUT2D eigenvalue weighted by molar-refractivity contribution is 6.38. The van der Waals surface area contributed by atoms with E-state index in [1.54, 1.807) is 5.01 Å². The number of hydrogen-bond donors (Lipinski definition) is 5. The highest BCUT2D eigenvalue weighted by Gasteiger charge is 2.27. The van der Waals surface area contributed by atoms with Crippen molar-refractivity contribution >= 4 is 46.6 Å². The van der Waals surface area contributed by atoms with Crippen LogP contribution in [0.15, 0.2) is 42.5 Å². The zero-order chi connectivity index (χ0) is 26.2. The van der Waals surface area contributed by atoms with Gasteiger partial charge < -0.3 is 21.5 Å². The molecular weight excluding hydrogens is 493 g/mol. The van der Waals surface area contributed by atoms with Gasteiger partial charge in [-0.05, 0) is 44.0 Å². The lowest BCUT2D eigenvalue weighted by atomic mass is 10.0. The van der Waals surface area contributed by atoms with Crippen LogP contribution in [0.3, 0.4) is 0 Å². The van der Waals surface area contributed by atoms with E-state index in [0.717, 1.165) is 5.56 Å². The van der Waals surface area contributed by atoms with Crippen molar-refractivity contribution in [2.45, 2.75) is 38.8 Å². The first-order valence-electron chi connectivity index (χ1n) is 10.9. The number of nitrogens with two attached hydrogens (primary N) is 1. The predicted octanol–water partition coefficient (Wildman–Crippen LogP) is 2.22. The third-order valence-corrected chi connectivity index (χ3v) is 5.64. The Hall–Kier alpha value is -2.85. The number of anilines is 1. The summed E-state index contributed by atoms with van der Waals surface area (Å²) in [6.07, 6.45) is -0.874. The minimum absolute atomic E-state index is 0.0231. The third kappa shape index (κ3) is 9.37. The maximum atomic E-state index is 12.5. The molecule has 0 fully saturated rings. The first kappa shape index (κ1) is 28.4. The molecule has 0 heterocycles. The summed E-state index contributed by atoms with van der Waals surface area (Å²) < 4.78 is 0. The van der Waals surface area contributed by atoms with Crippen molar-refractivity contribution in [3.63, 3.8) is 0 Å². The van der Waals surface area contributed by atoms with E-state index in [-0.39, 0.29) is 47.7 Å². The summed E-state index contributed by atoms with van der Waals surface area (Å²) in [6, 6.07) is 12.2. The number of nitrogens with zero attached hydrogens (tertiary/aromatic N) is 1. The van der Waals surface area contributed by atoms with E-state index in [4.69, 9.17) is 28.9 Å². The molecule has 9 nitrogen and oxygen atoms in total. The standard InChI is InChI=1S/C24H31Cl2N5O4/c1-24(2,3)31(14-19(32)16-10-17(25)23(27)18(26)11-16)30-22(35)13-29-21(34)12-28-20(33)9-15-7-5-4-6-8-15/h4-8,10-11,19,32H,9,12-14,27H2,1-3H3,(H,28,33)(H,29,34)(H,30,35). The van der Waals surface area contributed by atoms with Crippen LogP contribution in [0.1, 0.15) is 38.0 Å². The lowest BCUT2D eigenvalue weighted by molar-refractivity contribution is -0.131. The Kier molecular flexibility index (Phi) is 10.3. The van der Waals surface area contributed by atoms with Gasteiger partial charge in [-0.2, -0.15) is 0 Å². The molecule has 1 unspecified atom stereocenters. The molecule has 6 N–H and O–H groups in total. The fraction of sp³-hybridized carbons (Fsp3) is 0.375. The van der Waals surface area contributed by atoms with Crippen LogP contribution in [0, 0.1) is 0 Å². The lowest BCUT2D eigenvalue weighted by Gasteiger charge is -2.37. The first-order valence-corrected chi connectivity index (χ1v) is 11.7. The van der Waals surface area contributed by atoms with Gasteiger partial charge in [-0.3, -0.25) is 19.8 Å². The molecule has 3 amide bonds. The fourth-order valence-electron chi connectivity index (χ4n) is 3.02. The van der Waals surface area contributed by atoms with Crippen molar-refractivity contribution < 1.29 is 19.5 Å². The highest BCUT2D eigenvalue weighted by atomic mass is 35.5. The molecule has 0 saturated carbocycles. The first-order chi connectivity index (χ1) is 16.4. The van der Waals surface area contributed by atoms with E-state index < -0.39 is 23.5 Å². The molecule has 0 aliphatic heterocycles. The molecule has 0 aliphatic carbocycles. The Balaban J connectivity index is 1.85. The number of aliphatic hydroxyl groups is 1. The lowest BCUT2D eigenvalue weighted by Crippen LogP contribution is -2.56. The summed E-state index contributed by atoms with van der Waals surface area (Å²) in [6.45, 7) is 5.02. The molecule has 0 saturated heterocycles. The number of nitrogens with one attached hydrogen (secondary N) is 3. The second-order valence-corrected chi connectivity index (χ2v) is 9.76. The van der Waals surface area contributed by atoms with Crippen molar-refractivity contribution in [1.82, 2.24) is 21.1 Å². The minimum Gasteiger partial charge on any atom is -0.396 e. The van der Waals surface area contributed by atoms with E-state index in [1.807, 2.05) is 51.1 Å². The molecule has 0 spiro atoms. The topological polar surface area (TPSA) is 137 Å². The van der Waals surface area contributed by atoms with Crippen LogP contribution < -0.4 is 21.8 Å². The number of hydrazine groups is 1. The van der Waals surface area contributed by atoms with Gasteiger partial charge in [0.15, 0.2) is 0 Å². The fourth-order valence-corrected chi connectivity index (χ4v) is 3.52. The van der Waals surface area contributed by atoms with Crippen molar-refractivity contribution in [1.29, 1.82) is 0 Å². The van der Waals surface area contributed by atoms with E-state index in [2.05, 4.69) is 16.1 Å². The average molecular weight is 524 g/mol. The van der Waals surface area contributed by atoms with Gasteiger partial charge in [-0.25, -0.2) is 5.01 Å². The Bertz CT molecular complexity index is 1020. The number of carbonyl (C=O) groups excluding carboxylic acids is 3. The van der Waals surface area contributed by atoms with Gasteiger partial charge >= 0.3 is 0 Å². The maximum Gasteiger partial charge on any atom is 0.253 e. The van der Waals surface area contributed by atoms with Crippen LogP contribution in [0.4, 0.5) is 5.69 Å². The molecule has 2 aromatic carbocycles. The van der Waals surface area contributed by atoms with Gasteiger partial charge in [0.25, 0.3) is 5.91 Å². The summed E-state index contributed by atoms with van der Waals surface area (Å²) >= 11 is 12.1. The second-order valence-electron chi connectivity index (χ2n) is 8.95.